The summed E-state index contributed by atoms with van der Waals surface area (Å²) >= 11 is 5.52. The van der Waals surface area contributed by atoms with Gasteiger partial charge in [0.2, 0.25) is 5.82 Å². The molecule has 17 heavy (non-hydrogen) atoms. The van der Waals surface area contributed by atoms with Crippen molar-refractivity contribution in [3.63, 3.8) is 0 Å². The fourth-order valence-corrected chi connectivity index (χ4v) is 1.74. The lowest BCUT2D eigenvalue weighted by atomic mass is 10.3. The standard InChI is InChI=1S/C10H11ClF3N3/c1-5-2-6(5)4-15-8-3-7(11)16-9(17-8)10(12,13)14/h3,5-6H,2,4H2,1H3,(H,15,16,17). The summed E-state index contributed by atoms with van der Waals surface area (Å²) < 4.78 is 37.2. The summed E-state index contributed by atoms with van der Waals surface area (Å²) in [6.45, 7) is 2.71. The van der Waals surface area contributed by atoms with Crippen LogP contribution in [0.15, 0.2) is 6.07 Å². The minimum Gasteiger partial charge on any atom is -0.370 e. The lowest BCUT2D eigenvalue weighted by Crippen LogP contribution is -2.14. The Morgan fingerprint density at radius 3 is 2.65 bits per heavy atom. The van der Waals surface area contributed by atoms with E-state index < -0.39 is 12.0 Å². The lowest BCUT2D eigenvalue weighted by molar-refractivity contribution is -0.144. The Balaban J connectivity index is 2.08. The summed E-state index contributed by atoms with van der Waals surface area (Å²) in [6.07, 6.45) is -3.48. The Morgan fingerprint density at radius 1 is 1.47 bits per heavy atom. The van der Waals surface area contributed by atoms with Gasteiger partial charge in [-0.15, -0.1) is 0 Å². The molecule has 1 N–H and O–H groups in total. The first kappa shape index (κ1) is 12.4. The summed E-state index contributed by atoms with van der Waals surface area (Å²) in [5.41, 5.74) is 0. The number of nitrogens with zero attached hydrogens (tertiary/aromatic N) is 2. The van der Waals surface area contributed by atoms with Crippen molar-refractivity contribution in [2.75, 3.05) is 11.9 Å². The number of halogens is 4. The normalized spacial score (nSPS) is 23.6. The molecule has 2 rings (SSSR count). The maximum atomic E-state index is 12.4. The van der Waals surface area contributed by atoms with Crippen molar-refractivity contribution in [1.82, 2.24) is 9.97 Å². The van der Waals surface area contributed by atoms with Gasteiger partial charge in [-0.1, -0.05) is 18.5 Å². The van der Waals surface area contributed by atoms with Crippen LogP contribution >= 0.6 is 11.6 Å². The first-order valence-corrected chi connectivity index (χ1v) is 5.59. The summed E-state index contributed by atoms with van der Waals surface area (Å²) in [6, 6.07) is 1.30. The average Bonchev–Trinajstić information content (AvgIpc) is 2.90. The number of nitrogens with one attached hydrogen (secondary N) is 1. The van der Waals surface area contributed by atoms with E-state index in [4.69, 9.17) is 11.6 Å². The molecule has 0 spiro atoms. The molecule has 0 aromatic carbocycles. The molecule has 1 saturated carbocycles. The van der Waals surface area contributed by atoms with Crippen LogP contribution in [-0.2, 0) is 6.18 Å². The average molecular weight is 266 g/mol. The van der Waals surface area contributed by atoms with Crippen LogP contribution in [0.2, 0.25) is 5.15 Å². The van der Waals surface area contributed by atoms with E-state index in [-0.39, 0.29) is 11.0 Å². The first-order chi connectivity index (χ1) is 7.86. The van der Waals surface area contributed by atoms with Crippen molar-refractivity contribution < 1.29 is 13.2 Å². The Kier molecular flexibility index (Phi) is 3.16. The van der Waals surface area contributed by atoms with E-state index >= 15 is 0 Å². The van der Waals surface area contributed by atoms with E-state index in [1.54, 1.807) is 0 Å². The number of alkyl halides is 3. The molecule has 94 valence electrons. The van der Waals surface area contributed by atoms with Crippen molar-refractivity contribution in [3.05, 3.63) is 17.0 Å². The molecule has 0 saturated heterocycles. The SMILES string of the molecule is CC1CC1CNc1cc(Cl)nc(C(F)(F)F)n1. The maximum absolute atomic E-state index is 12.4. The van der Waals surface area contributed by atoms with Crippen LogP contribution in [0.25, 0.3) is 0 Å². The van der Waals surface area contributed by atoms with Gasteiger partial charge < -0.3 is 5.32 Å². The third-order valence-electron chi connectivity index (χ3n) is 2.77. The first-order valence-electron chi connectivity index (χ1n) is 5.22. The smallest absolute Gasteiger partial charge is 0.370 e. The third-order valence-corrected chi connectivity index (χ3v) is 2.96. The minimum atomic E-state index is -4.58. The second kappa shape index (κ2) is 4.33. The predicted molar refractivity (Wildman–Crippen MR) is 57.8 cm³/mol. The molecule has 1 aromatic heterocycles. The van der Waals surface area contributed by atoms with Crippen molar-refractivity contribution in [2.24, 2.45) is 11.8 Å². The zero-order valence-corrected chi connectivity index (χ0v) is 9.81. The van der Waals surface area contributed by atoms with E-state index in [9.17, 15) is 13.2 Å². The Labute approximate surface area is 101 Å². The molecule has 1 heterocycles. The highest BCUT2D eigenvalue weighted by molar-refractivity contribution is 6.29. The minimum absolute atomic E-state index is 0.122. The highest BCUT2D eigenvalue weighted by Gasteiger charge is 2.36. The zero-order chi connectivity index (χ0) is 12.6. The number of anilines is 1. The topological polar surface area (TPSA) is 37.8 Å². The lowest BCUT2D eigenvalue weighted by Gasteiger charge is -2.09. The third kappa shape index (κ3) is 3.21. The molecule has 0 radical (unpaired) electrons. The molecule has 2 unspecified atom stereocenters. The van der Waals surface area contributed by atoms with Gasteiger partial charge in [0.15, 0.2) is 0 Å². The zero-order valence-electron chi connectivity index (χ0n) is 9.05. The molecular formula is C10H11ClF3N3. The Morgan fingerprint density at radius 2 is 2.12 bits per heavy atom. The van der Waals surface area contributed by atoms with E-state index in [0.717, 1.165) is 6.42 Å². The van der Waals surface area contributed by atoms with Crippen LogP contribution < -0.4 is 5.32 Å². The molecular weight excluding hydrogens is 255 g/mol. The summed E-state index contributed by atoms with van der Waals surface area (Å²) in [7, 11) is 0. The second-order valence-corrected chi connectivity index (χ2v) is 4.64. The van der Waals surface area contributed by atoms with Crippen LogP contribution in [0.4, 0.5) is 19.0 Å². The Hall–Kier alpha value is -1.04. The quantitative estimate of drug-likeness (QED) is 0.853. The molecule has 2 atom stereocenters. The van der Waals surface area contributed by atoms with Crippen LogP contribution in [0, 0.1) is 11.8 Å². The van der Waals surface area contributed by atoms with E-state index in [2.05, 4.69) is 22.2 Å². The van der Waals surface area contributed by atoms with Crippen molar-refractivity contribution >= 4 is 17.4 Å². The van der Waals surface area contributed by atoms with Gasteiger partial charge in [-0.05, 0) is 18.3 Å². The molecule has 1 aromatic rings. The van der Waals surface area contributed by atoms with Gasteiger partial charge in [0.05, 0.1) is 0 Å². The number of hydrogen-bond donors (Lipinski definition) is 1. The van der Waals surface area contributed by atoms with Gasteiger partial charge in [0, 0.05) is 12.6 Å². The van der Waals surface area contributed by atoms with Crippen molar-refractivity contribution in [2.45, 2.75) is 19.5 Å². The van der Waals surface area contributed by atoms with Gasteiger partial charge in [0.1, 0.15) is 11.0 Å². The fourth-order valence-electron chi connectivity index (χ4n) is 1.55. The predicted octanol–water partition coefficient (Wildman–Crippen LogP) is 3.22. The molecule has 7 heteroatoms. The van der Waals surface area contributed by atoms with Gasteiger partial charge in [-0.2, -0.15) is 13.2 Å². The fraction of sp³-hybridized carbons (Fsp3) is 0.600. The molecule has 1 aliphatic rings. The number of rotatable bonds is 3. The molecule has 0 bridgehead atoms. The van der Waals surface area contributed by atoms with E-state index in [1.165, 1.54) is 6.07 Å². The maximum Gasteiger partial charge on any atom is 0.451 e. The van der Waals surface area contributed by atoms with E-state index in [1.807, 2.05) is 0 Å². The summed E-state index contributed by atoms with van der Waals surface area (Å²) in [5, 5.41) is 2.65. The Bertz CT molecular complexity index is 422. The van der Waals surface area contributed by atoms with E-state index in [0.29, 0.717) is 18.4 Å². The number of hydrogen-bond acceptors (Lipinski definition) is 3. The second-order valence-electron chi connectivity index (χ2n) is 4.25. The van der Waals surface area contributed by atoms with Crippen LogP contribution in [0.1, 0.15) is 19.2 Å². The molecule has 3 nitrogen and oxygen atoms in total. The monoisotopic (exact) mass is 265 g/mol. The summed E-state index contributed by atoms with van der Waals surface area (Å²) in [5.74, 6) is 0.0488. The van der Waals surface area contributed by atoms with Crippen LogP contribution in [0.3, 0.4) is 0 Å². The van der Waals surface area contributed by atoms with Crippen molar-refractivity contribution in [1.29, 1.82) is 0 Å². The molecule has 0 aliphatic heterocycles. The highest BCUT2D eigenvalue weighted by Crippen LogP contribution is 2.37. The highest BCUT2D eigenvalue weighted by atomic mass is 35.5. The van der Waals surface area contributed by atoms with Gasteiger partial charge >= 0.3 is 6.18 Å². The van der Waals surface area contributed by atoms with Crippen molar-refractivity contribution in [3.8, 4) is 0 Å². The molecule has 1 fully saturated rings. The number of aromatic nitrogens is 2. The van der Waals surface area contributed by atoms with Gasteiger partial charge in [-0.25, -0.2) is 9.97 Å². The largest absolute Gasteiger partial charge is 0.451 e. The van der Waals surface area contributed by atoms with Crippen LogP contribution in [0.5, 0.6) is 0 Å². The molecule has 0 amide bonds. The van der Waals surface area contributed by atoms with Crippen LogP contribution in [-0.4, -0.2) is 16.5 Å². The van der Waals surface area contributed by atoms with Gasteiger partial charge in [-0.3, -0.25) is 0 Å². The molecule has 1 aliphatic carbocycles. The van der Waals surface area contributed by atoms with Gasteiger partial charge in [0.25, 0.3) is 0 Å². The summed E-state index contributed by atoms with van der Waals surface area (Å²) in [4.78, 5) is 6.55.